The Labute approximate surface area is 101 Å². The summed E-state index contributed by atoms with van der Waals surface area (Å²) in [6, 6.07) is 0. The zero-order chi connectivity index (χ0) is 13.1. The zero-order valence-corrected chi connectivity index (χ0v) is 9.45. The molecule has 2 rings (SSSR count). The van der Waals surface area contributed by atoms with E-state index in [1.807, 2.05) is 0 Å². The minimum atomic E-state index is -0.590. The molecule has 9 heteroatoms. The summed E-state index contributed by atoms with van der Waals surface area (Å²) in [4.78, 5) is 25.0. The van der Waals surface area contributed by atoms with E-state index in [9.17, 15) is 9.59 Å². The van der Waals surface area contributed by atoms with Gasteiger partial charge in [0.25, 0.3) is 11.5 Å². The van der Waals surface area contributed by atoms with Crippen molar-refractivity contribution in [1.82, 2.24) is 25.0 Å². The number of ether oxygens (including phenoxy) is 1. The van der Waals surface area contributed by atoms with Gasteiger partial charge in [-0.05, 0) is 6.92 Å². The summed E-state index contributed by atoms with van der Waals surface area (Å²) >= 11 is 0. The molecule has 2 aromatic heterocycles. The molecule has 0 atom stereocenters. The van der Waals surface area contributed by atoms with Gasteiger partial charge >= 0.3 is 5.97 Å². The predicted molar refractivity (Wildman–Crippen MR) is 60.1 cm³/mol. The number of H-pyrrole nitrogens is 1. The van der Waals surface area contributed by atoms with Crippen LogP contribution >= 0.6 is 0 Å². The van der Waals surface area contributed by atoms with Gasteiger partial charge in [0.15, 0.2) is 0 Å². The fourth-order valence-corrected chi connectivity index (χ4v) is 1.29. The van der Waals surface area contributed by atoms with Crippen LogP contribution in [0.5, 0.6) is 0 Å². The van der Waals surface area contributed by atoms with Crippen LogP contribution in [0.15, 0.2) is 17.2 Å². The van der Waals surface area contributed by atoms with Gasteiger partial charge in [0.05, 0.1) is 12.8 Å². The number of nitrogens with one attached hydrogen (secondary N) is 1. The van der Waals surface area contributed by atoms with Gasteiger partial charge in [-0.15, -0.1) is 10.2 Å². The van der Waals surface area contributed by atoms with E-state index in [1.54, 1.807) is 6.92 Å². The fraction of sp³-hybridized carbons (Fsp3) is 0.222. The van der Waals surface area contributed by atoms with E-state index in [-0.39, 0.29) is 23.9 Å². The number of rotatable bonds is 3. The maximum Gasteiger partial charge on any atom is 0.343 e. The van der Waals surface area contributed by atoms with Crippen molar-refractivity contribution < 1.29 is 9.53 Å². The van der Waals surface area contributed by atoms with Crippen LogP contribution in [0.25, 0.3) is 5.95 Å². The van der Waals surface area contributed by atoms with Crippen LogP contribution in [0, 0.1) is 0 Å². The van der Waals surface area contributed by atoms with E-state index < -0.39 is 11.5 Å². The van der Waals surface area contributed by atoms with Gasteiger partial charge in [-0.3, -0.25) is 9.78 Å². The van der Waals surface area contributed by atoms with E-state index in [4.69, 9.17) is 10.5 Å². The van der Waals surface area contributed by atoms with Gasteiger partial charge in [-0.2, -0.15) is 9.78 Å². The highest BCUT2D eigenvalue weighted by Crippen LogP contribution is 2.14. The lowest BCUT2D eigenvalue weighted by Gasteiger charge is -2.02. The highest BCUT2D eigenvalue weighted by Gasteiger charge is 2.18. The van der Waals surface area contributed by atoms with Crippen LogP contribution in [0.4, 0.5) is 5.82 Å². The van der Waals surface area contributed by atoms with Crippen molar-refractivity contribution >= 4 is 11.8 Å². The van der Waals surface area contributed by atoms with E-state index in [2.05, 4.69) is 20.3 Å². The van der Waals surface area contributed by atoms with Gasteiger partial charge in [0.1, 0.15) is 17.6 Å². The number of nitrogen functional groups attached to an aromatic ring is 1. The van der Waals surface area contributed by atoms with Gasteiger partial charge in [0.2, 0.25) is 0 Å². The number of aromatic amines is 1. The molecular formula is C9H10N6O3. The molecule has 0 saturated carbocycles. The van der Waals surface area contributed by atoms with Crippen molar-refractivity contribution in [3.63, 3.8) is 0 Å². The third-order valence-electron chi connectivity index (χ3n) is 2.06. The summed E-state index contributed by atoms with van der Waals surface area (Å²) in [6.07, 6.45) is 2.25. The first-order chi connectivity index (χ1) is 8.63. The van der Waals surface area contributed by atoms with E-state index >= 15 is 0 Å². The molecule has 0 aromatic carbocycles. The Morgan fingerprint density at radius 3 is 3.00 bits per heavy atom. The summed E-state index contributed by atoms with van der Waals surface area (Å²) < 4.78 is 5.90. The molecule has 0 saturated heterocycles. The van der Waals surface area contributed by atoms with Gasteiger partial charge < -0.3 is 10.5 Å². The Morgan fingerprint density at radius 1 is 1.56 bits per heavy atom. The topological polar surface area (TPSA) is 129 Å². The molecule has 2 heterocycles. The summed E-state index contributed by atoms with van der Waals surface area (Å²) in [5, 5.41) is 11.0. The first-order valence-electron chi connectivity index (χ1n) is 5.06. The average Bonchev–Trinajstić information content (AvgIpc) is 2.71. The molecule has 0 unspecified atom stereocenters. The minimum Gasteiger partial charge on any atom is -0.462 e. The summed E-state index contributed by atoms with van der Waals surface area (Å²) in [7, 11) is 0. The number of esters is 1. The highest BCUT2D eigenvalue weighted by atomic mass is 16.5. The molecule has 0 aliphatic heterocycles. The third kappa shape index (κ3) is 2.05. The van der Waals surface area contributed by atoms with Crippen LogP contribution in [0.2, 0.25) is 0 Å². The van der Waals surface area contributed by atoms with Crippen molar-refractivity contribution in [3.05, 3.63) is 28.3 Å². The maximum absolute atomic E-state index is 11.5. The second-order valence-electron chi connectivity index (χ2n) is 3.23. The smallest absolute Gasteiger partial charge is 0.343 e. The third-order valence-corrected chi connectivity index (χ3v) is 2.06. The molecule has 0 amide bonds. The molecular weight excluding hydrogens is 240 g/mol. The number of hydrogen-bond acceptors (Lipinski definition) is 7. The lowest BCUT2D eigenvalue weighted by molar-refractivity contribution is 0.0527. The molecule has 2 aromatic rings. The molecule has 0 aliphatic carbocycles. The normalized spacial score (nSPS) is 10.3. The molecule has 94 valence electrons. The summed E-state index contributed by atoms with van der Waals surface area (Å²) in [6.45, 7) is 1.91. The number of anilines is 1. The zero-order valence-electron chi connectivity index (χ0n) is 9.45. The van der Waals surface area contributed by atoms with Gasteiger partial charge in [-0.25, -0.2) is 4.79 Å². The first kappa shape index (κ1) is 11.8. The Balaban J connectivity index is 2.43. The Bertz CT molecular complexity index is 631. The SMILES string of the molecule is CCOC(=O)c1cnn(-c2nncc(=O)[nH]2)c1N. The monoisotopic (exact) mass is 250 g/mol. The minimum absolute atomic E-state index is 0.0181. The van der Waals surface area contributed by atoms with Gasteiger partial charge in [0, 0.05) is 0 Å². The van der Waals surface area contributed by atoms with Crippen LogP contribution in [0.3, 0.4) is 0 Å². The van der Waals surface area contributed by atoms with Crippen LogP contribution in [-0.2, 0) is 4.74 Å². The number of carbonyl (C=O) groups excluding carboxylic acids is 1. The highest BCUT2D eigenvalue weighted by molar-refractivity contribution is 5.94. The fourth-order valence-electron chi connectivity index (χ4n) is 1.29. The number of carbonyl (C=O) groups is 1. The predicted octanol–water partition coefficient (Wildman–Crippen LogP) is -0.890. The molecule has 0 aliphatic rings. The molecule has 0 spiro atoms. The van der Waals surface area contributed by atoms with E-state index in [0.717, 1.165) is 10.9 Å². The number of nitrogens with two attached hydrogens (primary N) is 1. The average molecular weight is 250 g/mol. The second-order valence-corrected chi connectivity index (χ2v) is 3.23. The Kier molecular flexibility index (Phi) is 3.04. The number of aromatic nitrogens is 5. The second kappa shape index (κ2) is 4.65. The van der Waals surface area contributed by atoms with Crippen molar-refractivity contribution in [2.24, 2.45) is 0 Å². The lowest BCUT2D eigenvalue weighted by atomic mass is 10.3. The van der Waals surface area contributed by atoms with Crippen molar-refractivity contribution in [1.29, 1.82) is 0 Å². The van der Waals surface area contributed by atoms with Crippen molar-refractivity contribution in [2.45, 2.75) is 6.92 Å². The van der Waals surface area contributed by atoms with E-state index in [0.29, 0.717) is 0 Å². The van der Waals surface area contributed by atoms with Crippen molar-refractivity contribution in [2.75, 3.05) is 12.3 Å². The molecule has 9 nitrogen and oxygen atoms in total. The summed E-state index contributed by atoms with van der Waals surface area (Å²) in [5.74, 6) is -0.548. The van der Waals surface area contributed by atoms with Crippen LogP contribution in [-0.4, -0.2) is 37.5 Å². The molecule has 0 bridgehead atoms. The Morgan fingerprint density at radius 2 is 2.33 bits per heavy atom. The molecule has 3 N–H and O–H groups in total. The summed E-state index contributed by atoms with van der Waals surface area (Å²) in [5.41, 5.74) is 5.38. The first-order valence-corrected chi connectivity index (χ1v) is 5.06. The van der Waals surface area contributed by atoms with Gasteiger partial charge in [-0.1, -0.05) is 0 Å². The largest absolute Gasteiger partial charge is 0.462 e. The lowest BCUT2D eigenvalue weighted by Crippen LogP contribution is -2.16. The number of hydrogen-bond donors (Lipinski definition) is 2. The standard InChI is InChI=1S/C9H10N6O3/c1-2-18-8(17)5-3-12-15(7(5)10)9-13-6(16)4-11-14-9/h3-4H,2,10H2,1H3,(H,13,14,16). The molecule has 0 fully saturated rings. The Hall–Kier alpha value is -2.71. The van der Waals surface area contributed by atoms with Crippen molar-refractivity contribution in [3.8, 4) is 5.95 Å². The number of nitrogens with zero attached hydrogens (tertiary/aromatic N) is 4. The molecule has 0 radical (unpaired) electrons. The van der Waals surface area contributed by atoms with E-state index in [1.165, 1.54) is 6.20 Å². The quantitative estimate of drug-likeness (QED) is 0.676. The maximum atomic E-state index is 11.5. The van der Waals surface area contributed by atoms with Crippen LogP contribution in [0.1, 0.15) is 17.3 Å². The molecule has 18 heavy (non-hydrogen) atoms. The van der Waals surface area contributed by atoms with Crippen LogP contribution < -0.4 is 11.3 Å².